The zero-order valence-corrected chi connectivity index (χ0v) is 11.5. The minimum absolute atomic E-state index is 0.0340. The molecule has 2 aromatic rings. The highest BCUT2D eigenvalue weighted by molar-refractivity contribution is 5.74. The van der Waals surface area contributed by atoms with Gasteiger partial charge in [-0.15, -0.1) is 6.58 Å². The molecule has 0 aliphatic carbocycles. The van der Waals surface area contributed by atoms with E-state index >= 15 is 0 Å². The lowest BCUT2D eigenvalue weighted by atomic mass is 10.3. The number of H-pyrrole nitrogens is 1. The Morgan fingerprint density at radius 3 is 2.86 bits per heavy atom. The van der Waals surface area contributed by atoms with Gasteiger partial charge < -0.3 is 20.1 Å². The molecule has 2 rings (SSSR count). The summed E-state index contributed by atoms with van der Waals surface area (Å²) in [6, 6.07) is 0. The van der Waals surface area contributed by atoms with Gasteiger partial charge >= 0.3 is 5.69 Å². The van der Waals surface area contributed by atoms with Crippen LogP contribution >= 0.6 is 0 Å². The third-order valence-electron chi connectivity index (χ3n) is 3.02. The van der Waals surface area contributed by atoms with Crippen LogP contribution in [0.25, 0.3) is 11.2 Å². The minimum atomic E-state index is -1.05. The van der Waals surface area contributed by atoms with Gasteiger partial charge in [-0.1, -0.05) is 6.08 Å². The normalized spacial score (nSPS) is 12.5. The van der Waals surface area contributed by atoms with E-state index in [-0.39, 0.29) is 17.7 Å². The molecule has 0 spiro atoms. The fourth-order valence-electron chi connectivity index (χ4n) is 1.98. The predicted octanol–water partition coefficient (Wildman–Crippen LogP) is -1.63. The fourth-order valence-corrected chi connectivity index (χ4v) is 1.98. The van der Waals surface area contributed by atoms with Crippen LogP contribution in [0.2, 0.25) is 0 Å². The number of nitrogens with one attached hydrogen (secondary N) is 2. The highest BCUT2D eigenvalue weighted by Gasteiger charge is 2.18. The molecule has 2 aromatic heterocycles. The van der Waals surface area contributed by atoms with Gasteiger partial charge in [0.2, 0.25) is 5.95 Å². The average molecular weight is 295 g/mol. The van der Waals surface area contributed by atoms with Crippen LogP contribution < -0.4 is 16.6 Å². The van der Waals surface area contributed by atoms with E-state index < -0.39 is 24.0 Å². The molecule has 1 atom stereocenters. The van der Waals surface area contributed by atoms with Gasteiger partial charge in [-0.3, -0.25) is 14.3 Å². The van der Waals surface area contributed by atoms with Crippen LogP contribution in [0.3, 0.4) is 0 Å². The van der Waals surface area contributed by atoms with Crippen LogP contribution in [0.1, 0.15) is 0 Å². The van der Waals surface area contributed by atoms with Crippen LogP contribution in [0.15, 0.2) is 22.2 Å². The summed E-state index contributed by atoms with van der Waals surface area (Å²) in [5.41, 5.74) is -0.830. The van der Waals surface area contributed by atoms with Gasteiger partial charge in [0.15, 0.2) is 11.2 Å². The summed E-state index contributed by atoms with van der Waals surface area (Å²) in [7, 11) is 1.48. The summed E-state index contributed by atoms with van der Waals surface area (Å²) >= 11 is 0. The molecule has 114 valence electrons. The highest BCUT2D eigenvalue weighted by Crippen LogP contribution is 2.15. The van der Waals surface area contributed by atoms with Gasteiger partial charge in [0.25, 0.3) is 5.56 Å². The minimum Gasteiger partial charge on any atom is -0.394 e. The number of aryl methyl sites for hydroxylation is 1. The summed E-state index contributed by atoms with van der Waals surface area (Å²) < 4.78 is 2.63. The summed E-state index contributed by atoms with van der Waals surface area (Å²) in [5, 5.41) is 21.5. The SMILES string of the molecule is C=CCNc1nc2c(c(=O)[nH]c(=O)n2C)n1CC(O)CO. The highest BCUT2D eigenvalue weighted by atomic mass is 16.3. The van der Waals surface area contributed by atoms with Crippen molar-refractivity contribution in [1.82, 2.24) is 19.1 Å². The van der Waals surface area contributed by atoms with Gasteiger partial charge in [-0.25, -0.2) is 4.79 Å². The molecule has 0 aliphatic rings. The molecule has 0 bridgehead atoms. The Kier molecular flexibility index (Phi) is 4.24. The number of fused-ring (bicyclic) bond motifs is 1. The number of aliphatic hydroxyl groups is 2. The molecule has 1 unspecified atom stereocenters. The molecule has 0 radical (unpaired) electrons. The summed E-state index contributed by atoms with van der Waals surface area (Å²) in [4.78, 5) is 30.0. The first-order valence-electron chi connectivity index (χ1n) is 6.32. The van der Waals surface area contributed by atoms with Crippen LogP contribution in [0.5, 0.6) is 0 Å². The number of nitrogens with zero attached hydrogens (tertiary/aromatic N) is 3. The number of imidazole rings is 1. The quantitative estimate of drug-likeness (QED) is 0.474. The van der Waals surface area contributed by atoms with Crippen molar-refractivity contribution < 1.29 is 10.2 Å². The second kappa shape index (κ2) is 5.94. The number of rotatable bonds is 6. The lowest BCUT2D eigenvalue weighted by molar-refractivity contribution is 0.0825. The number of hydrogen-bond donors (Lipinski definition) is 4. The summed E-state index contributed by atoms with van der Waals surface area (Å²) in [6.45, 7) is 3.48. The third kappa shape index (κ3) is 2.73. The van der Waals surface area contributed by atoms with Gasteiger partial charge in [-0.2, -0.15) is 4.98 Å². The number of aliphatic hydroxyl groups excluding tert-OH is 2. The zero-order chi connectivity index (χ0) is 15.6. The van der Waals surface area contributed by atoms with E-state index in [1.807, 2.05) is 0 Å². The van der Waals surface area contributed by atoms with Crippen molar-refractivity contribution in [3.63, 3.8) is 0 Å². The Balaban J connectivity index is 2.70. The van der Waals surface area contributed by atoms with Crippen molar-refractivity contribution >= 4 is 17.1 Å². The fraction of sp³-hybridized carbons (Fsp3) is 0.417. The molecule has 2 heterocycles. The van der Waals surface area contributed by atoms with Crippen LogP contribution in [0.4, 0.5) is 5.95 Å². The van der Waals surface area contributed by atoms with Gasteiger partial charge in [0, 0.05) is 13.6 Å². The van der Waals surface area contributed by atoms with Crippen molar-refractivity contribution in [1.29, 1.82) is 0 Å². The molecule has 0 saturated heterocycles. The van der Waals surface area contributed by atoms with E-state index in [9.17, 15) is 14.7 Å². The smallest absolute Gasteiger partial charge is 0.329 e. The molecule has 9 heteroatoms. The van der Waals surface area contributed by atoms with Crippen molar-refractivity contribution in [2.24, 2.45) is 7.05 Å². The zero-order valence-electron chi connectivity index (χ0n) is 11.5. The number of aromatic amines is 1. The Labute approximate surface area is 119 Å². The molecule has 21 heavy (non-hydrogen) atoms. The van der Waals surface area contributed by atoms with E-state index in [0.717, 1.165) is 0 Å². The average Bonchev–Trinajstić information content (AvgIpc) is 2.81. The van der Waals surface area contributed by atoms with Gasteiger partial charge in [0.05, 0.1) is 19.3 Å². The van der Waals surface area contributed by atoms with Crippen molar-refractivity contribution in [2.45, 2.75) is 12.6 Å². The van der Waals surface area contributed by atoms with E-state index in [2.05, 4.69) is 21.9 Å². The maximum absolute atomic E-state index is 12.0. The largest absolute Gasteiger partial charge is 0.394 e. The second-order valence-corrected chi connectivity index (χ2v) is 4.54. The summed E-state index contributed by atoms with van der Waals surface area (Å²) in [5.74, 6) is 0.309. The summed E-state index contributed by atoms with van der Waals surface area (Å²) in [6.07, 6.45) is 0.554. The van der Waals surface area contributed by atoms with E-state index in [1.54, 1.807) is 6.08 Å². The Morgan fingerprint density at radius 2 is 2.24 bits per heavy atom. The molecule has 0 fully saturated rings. The van der Waals surface area contributed by atoms with Crippen molar-refractivity contribution in [2.75, 3.05) is 18.5 Å². The van der Waals surface area contributed by atoms with E-state index in [0.29, 0.717) is 12.5 Å². The molecular weight excluding hydrogens is 278 g/mol. The topological polar surface area (TPSA) is 125 Å². The van der Waals surface area contributed by atoms with Crippen LogP contribution in [-0.4, -0.2) is 48.6 Å². The second-order valence-electron chi connectivity index (χ2n) is 4.54. The number of aromatic nitrogens is 4. The van der Waals surface area contributed by atoms with Gasteiger partial charge in [0.1, 0.15) is 0 Å². The molecule has 0 amide bonds. The Hall–Kier alpha value is -2.39. The number of anilines is 1. The monoisotopic (exact) mass is 295 g/mol. The van der Waals surface area contributed by atoms with Crippen molar-refractivity contribution in [3.8, 4) is 0 Å². The standard InChI is InChI=1S/C12H17N5O4/c1-3-4-13-11-14-9-8(17(11)5-7(19)6-18)10(20)15-12(21)16(9)2/h3,7,18-19H,1,4-6H2,2H3,(H,13,14)(H,15,20,21). The van der Waals surface area contributed by atoms with E-state index in [1.165, 1.54) is 16.2 Å². The molecule has 9 nitrogen and oxygen atoms in total. The molecule has 0 aromatic carbocycles. The molecular formula is C12H17N5O4. The maximum Gasteiger partial charge on any atom is 0.329 e. The van der Waals surface area contributed by atoms with E-state index in [4.69, 9.17) is 5.11 Å². The van der Waals surface area contributed by atoms with Gasteiger partial charge in [-0.05, 0) is 0 Å². The third-order valence-corrected chi connectivity index (χ3v) is 3.02. The molecule has 0 saturated carbocycles. The lowest BCUT2D eigenvalue weighted by Crippen LogP contribution is -2.30. The molecule has 4 N–H and O–H groups in total. The first-order valence-corrected chi connectivity index (χ1v) is 6.32. The Morgan fingerprint density at radius 1 is 1.52 bits per heavy atom. The predicted molar refractivity (Wildman–Crippen MR) is 77.4 cm³/mol. The first kappa shape index (κ1) is 15.0. The van der Waals surface area contributed by atoms with Crippen molar-refractivity contribution in [3.05, 3.63) is 33.5 Å². The van der Waals surface area contributed by atoms with Crippen LogP contribution in [-0.2, 0) is 13.6 Å². The first-order chi connectivity index (χ1) is 9.99. The number of hydrogen-bond acceptors (Lipinski definition) is 6. The Bertz CT molecular complexity index is 772. The lowest BCUT2D eigenvalue weighted by Gasteiger charge is -2.12. The molecule has 0 aliphatic heterocycles. The maximum atomic E-state index is 12.0. The van der Waals surface area contributed by atoms with Crippen LogP contribution in [0, 0.1) is 0 Å².